The smallest absolute Gasteiger partial charge is 0.139 e. The lowest BCUT2D eigenvalue weighted by Gasteiger charge is -2.58. The Hall–Kier alpha value is -0.990. The number of Topliss-reactive ketones (excluding diaryl/α,β-unsaturated/α-hetero) is 3. The number of hydrogen-bond donors (Lipinski definition) is 0. The molecule has 0 saturated heterocycles. The zero-order chi connectivity index (χ0) is 19.6. The Labute approximate surface area is 164 Å². The average molecular weight is 373 g/mol. The van der Waals surface area contributed by atoms with Crippen molar-refractivity contribution < 1.29 is 14.4 Å². The molecule has 0 aromatic carbocycles. The van der Waals surface area contributed by atoms with Gasteiger partial charge in [0.05, 0.1) is 0 Å². The van der Waals surface area contributed by atoms with Gasteiger partial charge in [0.2, 0.25) is 0 Å². The normalized spacial score (nSPS) is 48.0. The Morgan fingerprint density at radius 2 is 1.78 bits per heavy atom. The van der Waals surface area contributed by atoms with Crippen molar-refractivity contribution in [3.05, 3.63) is 0 Å². The first kappa shape index (κ1) is 19.3. The summed E-state index contributed by atoms with van der Waals surface area (Å²) in [5, 5.41) is 0. The second kappa shape index (κ2) is 6.52. The van der Waals surface area contributed by atoms with Gasteiger partial charge < -0.3 is 0 Å². The lowest BCUT2D eigenvalue weighted by atomic mass is 9.44. The molecule has 3 heteroatoms. The lowest BCUT2D eigenvalue weighted by Crippen LogP contribution is -2.60. The first-order valence-electron chi connectivity index (χ1n) is 11.3. The maximum atomic E-state index is 13.6. The number of carbonyl (C=O) groups is 3. The van der Waals surface area contributed by atoms with Crippen LogP contribution >= 0.6 is 0 Å². The SMILES string of the molecule is CCC[C@@H](C)[C@H]1CC[C@H]2[C@@H]3C(=O)CC4CC(=O)CC[C@]4(C)[C@H]3CC(=O)[C@]12C. The van der Waals surface area contributed by atoms with Gasteiger partial charge in [0.1, 0.15) is 17.3 Å². The summed E-state index contributed by atoms with van der Waals surface area (Å²) in [4.78, 5) is 38.9. The highest BCUT2D eigenvalue weighted by Crippen LogP contribution is 2.66. The van der Waals surface area contributed by atoms with Gasteiger partial charge in [-0.25, -0.2) is 0 Å². The molecule has 0 aromatic rings. The molecule has 27 heavy (non-hydrogen) atoms. The van der Waals surface area contributed by atoms with E-state index >= 15 is 0 Å². The number of hydrogen-bond acceptors (Lipinski definition) is 3. The molecule has 4 aliphatic rings. The number of fused-ring (bicyclic) bond motifs is 5. The van der Waals surface area contributed by atoms with Gasteiger partial charge in [-0.15, -0.1) is 0 Å². The topological polar surface area (TPSA) is 51.2 Å². The molecule has 0 spiro atoms. The standard InChI is InChI=1S/C24H36O3/c1-5-6-14(2)17-7-8-18-22-19(13-21(27)24(17,18)4)23(3)10-9-16(25)11-15(23)12-20(22)26/h14-15,17-19,22H,5-13H2,1-4H3/t14-,15?,17-,18+,19+,22+,23+,24-/m1/s1. The molecule has 4 fully saturated rings. The van der Waals surface area contributed by atoms with E-state index < -0.39 is 0 Å². The zero-order valence-electron chi connectivity index (χ0n) is 17.6. The van der Waals surface area contributed by atoms with Crippen LogP contribution < -0.4 is 0 Å². The molecule has 4 aliphatic carbocycles. The molecule has 0 radical (unpaired) electrons. The first-order valence-corrected chi connectivity index (χ1v) is 11.3. The van der Waals surface area contributed by atoms with E-state index in [2.05, 4.69) is 27.7 Å². The van der Waals surface area contributed by atoms with E-state index in [1.54, 1.807) is 0 Å². The summed E-state index contributed by atoms with van der Waals surface area (Å²) in [5.74, 6) is 2.71. The maximum absolute atomic E-state index is 13.6. The molecule has 4 saturated carbocycles. The molecule has 0 bridgehead atoms. The number of carbonyl (C=O) groups excluding carboxylic acids is 3. The Bertz CT molecular complexity index is 667. The van der Waals surface area contributed by atoms with Crippen LogP contribution in [0.25, 0.3) is 0 Å². The van der Waals surface area contributed by atoms with Gasteiger partial charge in [0.15, 0.2) is 0 Å². The summed E-state index contributed by atoms with van der Waals surface area (Å²) in [7, 11) is 0. The fourth-order valence-corrected chi connectivity index (χ4v) is 8.05. The molecular formula is C24H36O3. The van der Waals surface area contributed by atoms with E-state index in [9.17, 15) is 14.4 Å². The van der Waals surface area contributed by atoms with Gasteiger partial charge >= 0.3 is 0 Å². The summed E-state index contributed by atoms with van der Waals surface area (Å²) in [6.45, 7) is 9.02. The molecule has 3 nitrogen and oxygen atoms in total. The van der Waals surface area contributed by atoms with Crippen LogP contribution in [0.4, 0.5) is 0 Å². The minimum absolute atomic E-state index is 0.00338. The van der Waals surface area contributed by atoms with E-state index in [0.717, 1.165) is 25.7 Å². The highest BCUT2D eigenvalue weighted by Gasteiger charge is 2.66. The van der Waals surface area contributed by atoms with Crippen LogP contribution in [0.1, 0.15) is 85.5 Å². The van der Waals surface area contributed by atoms with Gasteiger partial charge in [0, 0.05) is 37.0 Å². The van der Waals surface area contributed by atoms with Gasteiger partial charge in [0.25, 0.3) is 0 Å². The molecule has 0 heterocycles. The summed E-state index contributed by atoms with van der Waals surface area (Å²) in [5.41, 5.74) is -0.310. The van der Waals surface area contributed by atoms with Crippen LogP contribution in [0.2, 0.25) is 0 Å². The van der Waals surface area contributed by atoms with Gasteiger partial charge in [-0.2, -0.15) is 0 Å². The first-order chi connectivity index (χ1) is 12.7. The summed E-state index contributed by atoms with van der Waals surface area (Å²) in [6.07, 6.45) is 7.66. The van der Waals surface area contributed by atoms with Crippen LogP contribution in [0, 0.1) is 46.3 Å². The Kier molecular flexibility index (Phi) is 4.67. The third kappa shape index (κ3) is 2.63. The maximum Gasteiger partial charge on any atom is 0.139 e. The molecule has 0 amide bonds. The molecule has 4 rings (SSSR count). The molecule has 150 valence electrons. The van der Waals surface area contributed by atoms with Crippen molar-refractivity contribution in [3.8, 4) is 0 Å². The Morgan fingerprint density at radius 3 is 2.48 bits per heavy atom. The summed E-state index contributed by atoms with van der Waals surface area (Å²) >= 11 is 0. The molecule has 8 atom stereocenters. The third-order valence-electron chi connectivity index (χ3n) is 9.65. The van der Waals surface area contributed by atoms with Crippen molar-refractivity contribution in [2.45, 2.75) is 85.5 Å². The van der Waals surface area contributed by atoms with Gasteiger partial charge in [-0.05, 0) is 54.3 Å². The predicted octanol–water partition coefficient (Wildman–Crippen LogP) is 5.01. The number of ketones is 3. The van der Waals surface area contributed by atoms with Crippen molar-refractivity contribution in [1.29, 1.82) is 0 Å². The zero-order valence-corrected chi connectivity index (χ0v) is 17.6. The van der Waals surface area contributed by atoms with E-state index in [1.807, 2.05) is 0 Å². The van der Waals surface area contributed by atoms with Crippen molar-refractivity contribution in [1.82, 2.24) is 0 Å². The van der Waals surface area contributed by atoms with Crippen molar-refractivity contribution >= 4 is 17.3 Å². The fourth-order valence-electron chi connectivity index (χ4n) is 8.05. The van der Waals surface area contributed by atoms with Crippen LogP contribution in [0.3, 0.4) is 0 Å². The Morgan fingerprint density at radius 1 is 1.04 bits per heavy atom. The van der Waals surface area contributed by atoms with E-state index in [1.165, 1.54) is 6.42 Å². The third-order valence-corrected chi connectivity index (χ3v) is 9.65. The minimum Gasteiger partial charge on any atom is -0.300 e. The molecule has 0 N–H and O–H groups in total. The van der Waals surface area contributed by atoms with Crippen molar-refractivity contribution in [3.63, 3.8) is 0 Å². The van der Waals surface area contributed by atoms with Gasteiger partial charge in [-0.3, -0.25) is 14.4 Å². The van der Waals surface area contributed by atoms with E-state index in [-0.39, 0.29) is 34.5 Å². The van der Waals surface area contributed by atoms with Crippen LogP contribution in [0.5, 0.6) is 0 Å². The monoisotopic (exact) mass is 372 g/mol. The summed E-state index contributed by atoms with van der Waals surface area (Å²) in [6, 6.07) is 0. The van der Waals surface area contributed by atoms with Crippen molar-refractivity contribution in [2.24, 2.45) is 46.3 Å². The summed E-state index contributed by atoms with van der Waals surface area (Å²) < 4.78 is 0. The largest absolute Gasteiger partial charge is 0.300 e. The second-order valence-corrected chi connectivity index (χ2v) is 10.7. The predicted molar refractivity (Wildman–Crippen MR) is 105 cm³/mol. The highest BCUT2D eigenvalue weighted by molar-refractivity contribution is 5.93. The fraction of sp³-hybridized carbons (Fsp3) is 0.875. The van der Waals surface area contributed by atoms with Gasteiger partial charge in [-0.1, -0.05) is 40.5 Å². The van der Waals surface area contributed by atoms with Crippen molar-refractivity contribution in [2.75, 3.05) is 0 Å². The molecular weight excluding hydrogens is 336 g/mol. The highest BCUT2D eigenvalue weighted by atomic mass is 16.1. The average Bonchev–Trinajstić information content (AvgIpc) is 2.96. The Balaban J connectivity index is 1.69. The number of rotatable bonds is 3. The second-order valence-electron chi connectivity index (χ2n) is 10.7. The van der Waals surface area contributed by atoms with E-state index in [4.69, 9.17) is 0 Å². The quantitative estimate of drug-likeness (QED) is 0.700. The lowest BCUT2D eigenvalue weighted by molar-refractivity contribution is -0.166. The molecule has 0 aliphatic heterocycles. The molecule has 0 aromatic heterocycles. The molecule has 1 unspecified atom stereocenters. The minimum atomic E-state index is -0.306. The van der Waals surface area contributed by atoms with Crippen LogP contribution in [-0.2, 0) is 14.4 Å². The van der Waals surface area contributed by atoms with E-state index in [0.29, 0.717) is 54.9 Å². The van der Waals surface area contributed by atoms with Crippen LogP contribution in [-0.4, -0.2) is 17.3 Å². The van der Waals surface area contributed by atoms with Crippen LogP contribution in [0.15, 0.2) is 0 Å².